The Labute approximate surface area is 142 Å². The summed E-state index contributed by atoms with van der Waals surface area (Å²) in [6, 6.07) is 3.11. The van der Waals surface area contributed by atoms with Crippen LogP contribution in [0.1, 0.15) is 32.8 Å². The van der Waals surface area contributed by atoms with Crippen molar-refractivity contribution >= 4 is 34.3 Å². The highest BCUT2D eigenvalue weighted by Gasteiger charge is 2.20. The van der Waals surface area contributed by atoms with Crippen LogP contribution >= 0.6 is 11.3 Å². The molecule has 9 heteroatoms. The summed E-state index contributed by atoms with van der Waals surface area (Å²) >= 11 is 1.03. The minimum atomic E-state index is -0.474. The molecule has 1 N–H and O–H groups in total. The number of thiazole rings is 1. The SMILES string of the molecule is CCOC(=O)c1sc(NC(=O)CN(C)C(=O)c2ccco2)nc1C. The fourth-order valence-corrected chi connectivity index (χ4v) is 2.75. The largest absolute Gasteiger partial charge is 0.462 e. The van der Waals surface area contributed by atoms with Gasteiger partial charge in [0.15, 0.2) is 10.9 Å². The number of anilines is 1. The molecule has 8 nitrogen and oxygen atoms in total. The fraction of sp³-hybridized carbons (Fsp3) is 0.333. The number of amides is 2. The Kier molecular flexibility index (Phi) is 5.69. The van der Waals surface area contributed by atoms with Crippen molar-refractivity contribution in [3.8, 4) is 0 Å². The summed E-state index contributed by atoms with van der Waals surface area (Å²) in [6.07, 6.45) is 1.39. The maximum atomic E-state index is 12.0. The van der Waals surface area contributed by atoms with Crippen molar-refractivity contribution in [1.82, 2.24) is 9.88 Å². The Hall–Kier alpha value is -2.68. The maximum absolute atomic E-state index is 12.0. The molecule has 2 aromatic heterocycles. The Bertz CT molecular complexity index is 738. The van der Waals surface area contributed by atoms with Crippen LogP contribution in [0.3, 0.4) is 0 Å². The zero-order chi connectivity index (χ0) is 17.7. The first-order valence-corrected chi connectivity index (χ1v) is 7.97. The molecule has 0 aromatic carbocycles. The molecule has 2 rings (SSSR count). The van der Waals surface area contributed by atoms with Gasteiger partial charge in [0.1, 0.15) is 11.4 Å². The number of likely N-dealkylation sites (N-methyl/N-ethyl adjacent to an activating group) is 1. The second kappa shape index (κ2) is 7.73. The van der Waals surface area contributed by atoms with Crippen LogP contribution in [0, 0.1) is 6.92 Å². The highest BCUT2D eigenvalue weighted by Crippen LogP contribution is 2.23. The molecule has 2 aromatic rings. The van der Waals surface area contributed by atoms with Gasteiger partial charge in [-0.2, -0.15) is 0 Å². The lowest BCUT2D eigenvalue weighted by Gasteiger charge is -2.14. The van der Waals surface area contributed by atoms with E-state index in [-0.39, 0.29) is 24.0 Å². The van der Waals surface area contributed by atoms with Crippen molar-refractivity contribution in [2.45, 2.75) is 13.8 Å². The lowest BCUT2D eigenvalue weighted by molar-refractivity contribution is -0.116. The molecule has 0 fully saturated rings. The van der Waals surface area contributed by atoms with Gasteiger partial charge in [0.25, 0.3) is 5.91 Å². The van der Waals surface area contributed by atoms with Crippen molar-refractivity contribution < 1.29 is 23.5 Å². The van der Waals surface area contributed by atoms with Crippen LogP contribution < -0.4 is 5.32 Å². The monoisotopic (exact) mass is 351 g/mol. The van der Waals surface area contributed by atoms with E-state index in [0.717, 1.165) is 11.3 Å². The normalized spacial score (nSPS) is 10.3. The molecule has 2 amide bonds. The first-order valence-electron chi connectivity index (χ1n) is 7.15. The summed E-state index contributed by atoms with van der Waals surface area (Å²) in [5.41, 5.74) is 0.480. The molecule has 2 heterocycles. The molecular formula is C15H17N3O5S. The van der Waals surface area contributed by atoms with E-state index in [2.05, 4.69) is 10.3 Å². The number of furan rings is 1. The van der Waals surface area contributed by atoms with Gasteiger partial charge in [-0.1, -0.05) is 11.3 Å². The molecule has 0 aliphatic heterocycles. The van der Waals surface area contributed by atoms with Gasteiger partial charge in [-0.25, -0.2) is 9.78 Å². The molecular weight excluding hydrogens is 334 g/mol. The molecule has 128 valence electrons. The number of nitrogens with zero attached hydrogens (tertiary/aromatic N) is 2. The number of carbonyl (C=O) groups excluding carboxylic acids is 3. The number of aryl methyl sites for hydroxylation is 1. The fourth-order valence-electron chi connectivity index (χ4n) is 1.87. The van der Waals surface area contributed by atoms with Crippen molar-refractivity contribution in [2.75, 3.05) is 25.5 Å². The van der Waals surface area contributed by atoms with Crippen LogP contribution in [0.15, 0.2) is 22.8 Å². The molecule has 0 saturated heterocycles. The smallest absolute Gasteiger partial charge is 0.350 e. The van der Waals surface area contributed by atoms with Crippen LogP contribution in [0.4, 0.5) is 5.13 Å². The Morgan fingerprint density at radius 2 is 2.17 bits per heavy atom. The van der Waals surface area contributed by atoms with Gasteiger partial charge in [-0.05, 0) is 26.0 Å². The standard InChI is InChI=1S/C15H17N3O5S/c1-4-22-14(21)12-9(2)16-15(24-12)17-11(19)8-18(3)13(20)10-6-5-7-23-10/h5-7H,4,8H2,1-3H3,(H,16,17,19). The average molecular weight is 351 g/mol. The molecule has 0 bridgehead atoms. The van der Waals surface area contributed by atoms with Crippen molar-refractivity contribution in [3.05, 3.63) is 34.7 Å². The van der Waals surface area contributed by atoms with E-state index in [4.69, 9.17) is 9.15 Å². The van der Waals surface area contributed by atoms with Crippen molar-refractivity contribution in [2.24, 2.45) is 0 Å². The lowest BCUT2D eigenvalue weighted by atomic mass is 10.4. The predicted molar refractivity (Wildman–Crippen MR) is 87.1 cm³/mol. The summed E-state index contributed by atoms with van der Waals surface area (Å²) in [7, 11) is 1.49. The van der Waals surface area contributed by atoms with Gasteiger partial charge in [0.05, 0.1) is 18.6 Å². The quantitative estimate of drug-likeness (QED) is 0.798. The van der Waals surface area contributed by atoms with Gasteiger partial charge in [0.2, 0.25) is 5.91 Å². The average Bonchev–Trinajstić information content (AvgIpc) is 3.16. The summed E-state index contributed by atoms with van der Waals surface area (Å²) in [5.74, 6) is -1.16. The van der Waals surface area contributed by atoms with Crippen molar-refractivity contribution in [3.63, 3.8) is 0 Å². The Morgan fingerprint density at radius 3 is 2.79 bits per heavy atom. The number of rotatable bonds is 6. The van der Waals surface area contributed by atoms with E-state index < -0.39 is 17.8 Å². The molecule has 0 spiro atoms. The lowest BCUT2D eigenvalue weighted by Crippen LogP contribution is -2.34. The van der Waals surface area contributed by atoms with Gasteiger partial charge in [0, 0.05) is 7.05 Å². The predicted octanol–water partition coefficient (Wildman–Crippen LogP) is 1.93. The van der Waals surface area contributed by atoms with Crippen LogP contribution in [-0.4, -0.2) is 47.9 Å². The molecule has 0 saturated carbocycles. The first-order chi connectivity index (χ1) is 11.4. The maximum Gasteiger partial charge on any atom is 0.350 e. The van der Waals surface area contributed by atoms with E-state index in [0.29, 0.717) is 10.6 Å². The molecule has 0 atom stereocenters. The third kappa shape index (κ3) is 4.19. The summed E-state index contributed by atoms with van der Waals surface area (Å²) in [4.78, 5) is 41.4. The number of esters is 1. The van der Waals surface area contributed by atoms with Crippen molar-refractivity contribution in [1.29, 1.82) is 0 Å². The Balaban J connectivity index is 1.96. The third-order valence-electron chi connectivity index (χ3n) is 2.96. The molecule has 24 heavy (non-hydrogen) atoms. The van der Waals surface area contributed by atoms with Gasteiger partial charge in [-0.15, -0.1) is 0 Å². The zero-order valence-corrected chi connectivity index (χ0v) is 14.3. The molecule has 0 radical (unpaired) electrons. The van der Waals surface area contributed by atoms with Crippen LogP contribution in [0.25, 0.3) is 0 Å². The van der Waals surface area contributed by atoms with E-state index >= 15 is 0 Å². The zero-order valence-electron chi connectivity index (χ0n) is 13.5. The second-order valence-electron chi connectivity index (χ2n) is 4.84. The summed E-state index contributed by atoms with van der Waals surface area (Å²) in [6.45, 7) is 3.46. The Morgan fingerprint density at radius 1 is 1.42 bits per heavy atom. The summed E-state index contributed by atoms with van der Waals surface area (Å²) in [5, 5.41) is 2.84. The summed E-state index contributed by atoms with van der Waals surface area (Å²) < 4.78 is 9.92. The van der Waals surface area contributed by atoms with E-state index in [1.807, 2.05) is 0 Å². The number of carbonyl (C=O) groups is 3. The second-order valence-corrected chi connectivity index (χ2v) is 5.84. The highest BCUT2D eigenvalue weighted by atomic mass is 32.1. The molecule has 0 unspecified atom stereocenters. The van der Waals surface area contributed by atoms with E-state index in [1.165, 1.54) is 24.3 Å². The number of aromatic nitrogens is 1. The van der Waals surface area contributed by atoms with Gasteiger partial charge < -0.3 is 19.4 Å². The topological polar surface area (TPSA) is 102 Å². The third-order valence-corrected chi connectivity index (χ3v) is 4.02. The van der Waals surface area contributed by atoms with Crippen LogP contribution in [0.5, 0.6) is 0 Å². The van der Waals surface area contributed by atoms with Crippen LogP contribution in [-0.2, 0) is 9.53 Å². The molecule has 0 aliphatic rings. The number of nitrogens with one attached hydrogen (secondary N) is 1. The van der Waals surface area contributed by atoms with Gasteiger partial charge >= 0.3 is 5.97 Å². The highest BCUT2D eigenvalue weighted by molar-refractivity contribution is 7.17. The van der Waals surface area contributed by atoms with E-state index in [1.54, 1.807) is 19.9 Å². The number of hydrogen-bond acceptors (Lipinski definition) is 7. The van der Waals surface area contributed by atoms with E-state index in [9.17, 15) is 14.4 Å². The number of hydrogen-bond donors (Lipinski definition) is 1. The number of ether oxygens (including phenoxy) is 1. The van der Waals surface area contributed by atoms with Gasteiger partial charge in [-0.3, -0.25) is 9.59 Å². The first kappa shape index (κ1) is 17.7. The minimum Gasteiger partial charge on any atom is -0.462 e. The van der Waals surface area contributed by atoms with Crippen LogP contribution in [0.2, 0.25) is 0 Å². The molecule has 0 aliphatic carbocycles. The minimum absolute atomic E-state index is 0.153.